The molecule has 3 aromatic carbocycles. The molecule has 15 nitrogen and oxygen atoms in total. The molecule has 0 radical (unpaired) electrons. The number of primary sulfonamides is 1. The number of sulfonamides is 2. The zero-order chi connectivity index (χ0) is 35.9. The van der Waals surface area contributed by atoms with E-state index in [1.165, 1.54) is 4.90 Å². The minimum absolute atomic E-state index is 0.0566. The summed E-state index contributed by atoms with van der Waals surface area (Å²) in [4.78, 5) is 29.3. The van der Waals surface area contributed by atoms with Crippen molar-refractivity contribution in [1.82, 2.24) is 30.2 Å². The molecule has 1 amide bonds. The highest BCUT2D eigenvalue weighted by Gasteiger charge is 2.32. The quantitative estimate of drug-likeness (QED) is 0.173. The first-order chi connectivity index (χ1) is 23.1. The van der Waals surface area contributed by atoms with Crippen molar-refractivity contribution in [2.45, 2.75) is 62.4 Å². The number of rotatable bonds is 11. The van der Waals surface area contributed by atoms with Crippen LogP contribution in [0.5, 0.6) is 0 Å². The molecule has 1 aliphatic heterocycles. The van der Waals surface area contributed by atoms with E-state index in [0.29, 0.717) is 12.2 Å². The van der Waals surface area contributed by atoms with Crippen LogP contribution in [-0.2, 0) is 36.2 Å². The zero-order valence-electron chi connectivity index (χ0n) is 26.7. The molecule has 1 atom stereocenters. The summed E-state index contributed by atoms with van der Waals surface area (Å²) in [6.45, 7) is 5.93. The molecule has 5 N–H and O–H groups in total. The summed E-state index contributed by atoms with van der Waals surface area (Å²) >= 11 is 5.69. The Kier molecular flexibility index (Phi) is 11.9. The third-order valence-corrected chi connectivity index (χ3v) is 10.1. The maximum absolute atomic E-state index is 12.9. The van der Waals surface area contributed by atoms with Crippen LogP contribution in [0.4, 0.5) is 5.69 Å². The first-order valence-corrected chi connectivity index (χ1v) is 18.4. The number of aliphatic carboxylic acids is 1. The number of tetrazole rings is 1. The smallest absolute Gasteiger partial charge is 0.326 e. The second kappa shape index (κ2) is 15.7. The molecule has 0 fully saturated rings. The molecule has 4 aromatic rings. The summed E-state index contributed by atoms with van der Waals surface area (Å²) in [7, 11) is -7.91. The van der Waals surface area contributed by atoms with Crippen molar-refractivity contribution in [3.05, 3.63) is 71.2 Å². The number of H-pyrrole nitrogens is 1. The number of aliphatic imine (C=N–C) groups is 1. The molecular formula is C31H35ClN8O7S2. The molecule has 260 valence electrons. The average Bonchev–Trinajstić information content (AvgIpc) is 3.58. The van der Waals surface area contributed by atoms with E-state index >= 15 is 0 Å². The summed E-state index contributed by atoms with van der Waals surface area (Å²) in [5, 5.41) is 28.6. The topological polar surface area (TPSA) is 231 Å². The van der Waals surface area contributed by atoms with E-state index in [1.807, 2.05) is 74.0 Å². The normalized spacial score (nSPS) is 13.8. The fraction of sp³-hybridized carbons (Fsp3) is 0.290. The summed E-state index contributed by atoms with van der Waals surface area (Å²) in [5.74, 6) is -0.713. The molecule has 1 aromatic heterocycles. The van der Waals surface area contributed by atoms with Gasteiger partial charge in [-0.3, -0.25) is 9.52 Å². The van der Waals surface area contributed by atoms with Crippen molar-refractivity contribution in [2.75, 3.05) is 0 Å². The largest absolute Gasteiger partial charge is 0.480 e. The number of aromatic amines is 1. The predicted molar refractivity (Wildman–Crippen MR) is 183 cm³/mol. The number of nitrogens with zero attached hydrogens (tertiary/aromatic N) is 5. The van der Waals surface area contributed by atoms with Crippen molar-refractivity contribution >= 4 is 55.5 Å². The van der Waals surface area contributed by atoms with E-state index in [1.54, 1.807) is 0 Å². The van der Waals surface area contributed by atoms with Gasteiger partial charge in [0.05, 0.1) is 10.7 Å². The van der Waals surface area contributed by atoms with E-state index in [4.69, 9.17) is 16.7 Å². The van der Waals surface area contributed by atoms with Gasteiger partial charge in [-0.1, -0.05) is 87.3 Å². The molecule has 1 aliphatic rings. The Morgan fingerprint density at radius 1 is 1.06 bits per heavy atom. The van der Waals surface area contributed by atoms with Crippen LogP contribution in [0.15, 0.2) is 75.4 Å². The van der Waals surface area contributed by atoms with Crippen LogP contribution in [-0.4, -0.2) is 71.7 Å². The number of hydrogen-bond donors (Lipinski definition) is 4. The minimum Gasteiger partial charge on any atom is -0.480 e. The highest BCUT2D eigenvalue weighted by Crippen LogP contribution is 2.34. The maximum atomic E-state index is 12.9. The summed E-state index contributed by atoms with van der Waals surface area (Å²) in [5.41, 5.74) is 3.76. The van der Waals surface area contributed by atoms with Gasteiger partial charge < -0.3 is 10.0 Å². The zero-order valence-corrected chi connectivity index (χ0v) is 29.1. The highest BCUT2D eigenvalue weighted by atomic mass is 35.5. The molecule has 2 heterocycles. The van der Waals surface area contributed by atoms with Gasteiger partial charge in [0.25, 0.3) is 10.0 Å². The molecule has 0 bridgehead atoms. The van der Waals surface area contributed by atoms with Crippen molar-refractivity contribution in [1.29, 1.82) is 0 Å². The lowest BCUT2D eigenvalue weighted by molar-refractivity contribution is -0.153. The van der Waals surface area contributed by atoms with Gasteiger partial charge in [-0.05, 0) is 51.6 Å². The Labute approximate surface area is 288 Å². The molecule has 0 saturated heterocycles. The number of carboxylic acid groups (broad SMARTS) is 1. The van der Waals surface area contributed by atoms with Gasteiger partial charge in [0.2, 0.25) is 15.9 Å². The minimum atomic E-state index is -4.09. The average molecular weight is 731 g/mol. The Morgan fingerprint density at radius 2 is 1.73 bits per heavy atom. The second-order valence-electron chi connectivity index (χ2n) is 11.3. The second-order valence-corrected chi connectivity index (χ2v) is 14.9. The fourth-order valence-electron chi connectivity index (χ4n) is 5.08. The van der Waals surface area contributed by atoms with Crippen molar-refractivity contribution in [3.63, 3.8) is 0 Å². The summed E-state index contributed by atoms with van der Waals surface area (Å²) < 4.78 is 47.6. The summed E-state index contributed by atoms with van der Waals surface area (Å²) in [6.07, 6.45) is 2.95. The molecule has 18 heteroatoms. The van der Waals surface area contributed by atoms with Crippen molar-refractivity contribution in [2.24, 2.45) is 16.0 Å². The maximum Gasteiger partial charge on any atom is 0.326 e. The van der Waals surface area contributed by atoms with E-state index in [-0.39, 0.29) is 34.0 Å². The van der Waals surface area contributed by atoms with Crippen LogP contribution in [0, 0.1) is 5.92 Å². The lowest BCUT2D eigenvalue weighted by Gasteiger charge is -2.32. The van der Waals surface area contributed by atoms with Gasteiger partial charge in [-0.2, -0.15) is 0 Å². The number of carbonyl (C=O) groups excluding carboxylic acids is 1. The van der Waals surface area contributed by atoms with Crippen LogP contribution in [0.2, 0.25) is 5.02 Å². The molecule has 0 aliphatic carbocycles. The van der Waals surface area contributed by atoms with Crippen LogP contribution < -0.4 is 9.86 Å². The van der Waals surface area contributed by atoms with Gasteiger partial charge in [0, 0.05) is 18.5 Å². The number of aromatic nitrogens is 4. The van der Waals surface area contributed by atoms with Crippen LogP contribution in [0.1, 0.15) is 45.6 Å². The first kappa shape index (κ1) is 37.1. The van der Waals surface area contributed by atoms with Crippen molar-refractivity contribution in [3.8, 4) is 22.5 Å². The molecule has 0 saturated carbocycles. The molecular weight excluding hydrogens is 696 g/mol. The van der Waals surface area contributed by atoms with Gasteiger partial charge in [0.1, 0.15) is 22.2 Å². The molecule has 5 rings (SSSR count). The van der Waals surface area contributed by atoms with Gasteiger partial charge >= 0.3 is 5.97 Å². The Bertz CT molecular complexity index is 2060. The third-order valence-electron chi connectivity index (χ3n) is 7.45. The van der Waals surface area contributed by atoms with E-state index in [9.17, 15) is 31.5 Å². The van der Waals surface area contributed by atoms with Crippen LogP contribution in [0.25, 0.3) is 22.5 Å². The van der Waals surface area contributed by atoms with E-state index in [0.717, 1.165) is 53.6 Å². The Morgan fingerprint density at radius 3 is 2.31 bits per heavy atom. The lowest BCUT2D eigenvalue weighted by atomic mass is 9.97. The number of hydrogen-bond acceptors (Lipinski definition) is 10. The number of nitrogens with one attached hydrogen (secondary N) is 2. The number of nitrogens with two attached hydrogens (primary N) is 1. The van der Waals surface area contributed by atoms with Crippen LogP contribution >= 0.6 is 11.6 Å². The molecule has 49 heavy (non-hydrogen) atoms. The standard InChI is InChI=1S/C24H29N5O3.C7H6ClN3O4S2/c1-4-5-10-21(30)29(22(16(2)3)24(31)32)15-17-11-13-18(14-12-17)19-8-6-7-9-20(19)23-25-27-28-26-23;8-4-1-5-7(2-6(4)16(9,12)13)17(14,15)11-3-10-5/h6-9,11-14,16,22H,4-5,10,15H2,1-3H3,(H,31,32)(H,25,26,27,28);1-3H,(H,10,11)(H2,9,12,13)/t22-;/m0./s1. The van der Waals surface area contributed by atoms with Crippen molar-refractivity contribution < 1.29 is 31.5 Å². The number of unbranched alkanes of at least 4 members (excludes halogenated alkanes) is 1. The Hall–Kier alpha value is -4.71. The highest BCUT2D eigenvalue weighted by molar-refractivity contribution is 7.90. The van der Waals surface area contributed by atoms with E-state index < -0.39 is 37.0 Å². The third kappa shape index (κ3) is 9.05. The number of fused-ring (bicyclic) bond motifs is 1. The number of amides is 1. The number of carboxylic acids is 1. The van der Waals surface area contributed by atoms with Gasteiger partial charge in [0.15, 0.2) is 5.82 Å². The SMILES string of the molecule is CCCCC(=O)N(Cc1ccc(-c2ccccc2-c2nnn[nH]2)cc1)[C@H](C(=O)O)C(C)C.NS(=O)(=O)c1cc2c(cc1Cl)N=CNS2(=O)=O. The monoisotopic (exact) mass is 730 g/mol. The summed E-state index contributed by atoms with van der Waals surface area (Å²) in [6, 6.07) is 16.8. The first-order valence-electron chi connectivity index (χ1n) is 15.0. The number of halogens is 1. The molecule has 0 unspecified atom stereocenters. The lowest BCUT2D eigenvalue weighted by Crippen LogP contribution is -2.47. The van der Waals surface area contributed by atoms with E-state index in [2.05, 4.69) is 25.6 Å². The Balaban J connectivity index is 0.000000266. The number of carbonyl (C=O) groups is 2. The van der Waals surface area contributed by atoms with Crippen LogP contribution in [0.3, 0.4) is 0 Å². The predicted octanol–water partition coefficient (Wildman–Crippen LogP) is 4.10. The number of benzene rings is 3. The fourth-order valence-corrected chi connectivity index (χ4v) is 7.23. The van der Waals surface area contributed by atoms with Gasteiger partial charge in [-0.25, -0.2) is 36.9 Å². The molecule has 0 spiro atoms. The van der Waals surface area contributed by atoms with Gasteiger partial charge in [-0.15, -0.1) is 5.10 Å².